The molecule has 0 atom stereocenters. The highest BCUT2D eigenvalue weighted by Crippen LogP contribution is 2.35. The summed E-state index contributed by atoms with van der Waals surface area (Å²) in [7, 11) is 1.98. The predicted molar refractivity (Wildman–Crippen MR) is 144 cm³/mol. The largest absolute Gasteiger partial charge is 0.455 e. The number of ketones is 2. The number of carbonyl (C=O) groups excluding carboxylic acids is 2. The molecule has 176 valence electrons. The van der Waals surface area contributed by atoms with E-state index in [-0.39, 0.29) is 17.1 Å². The number of allylic oxidation sites excluding steroid dienone is 1. The second-order valence-corrected chi connectivity index (χ2v) is 9.40. The van der Waals surface area contributed by atoms with Crippen LogP contribution in [0.15, 0.2) is 88.9 Å². The smallest absolute Gasteiger partial charge is 0.197 e. The van der Waals surface area contributed by atoms with Crippen LogP contribution in [-0.2, 0) is 13.5 Å². The second kappa shape index (κ2) is 8.51. The van der Waals surface area contributed by atoms with Gasteiger partial charge in [0.15, 0.2) is 17.1 Å². The summed E-state index contributed by atoms with van der Waals surface area (Å²) in [5.41, 5.74) is 7.72. The van der Waals surface area contributed by atoms with Gasteiger partial charge in [-0.15, -0.1) is 0 Å². The molecule has 0 aliphatic heterocycles. The Balaban J connectivity index is 1.32. The third kappa shape index (κ3) is 3.53. The van der Waals surface area contributed by atoms with Gasteiger partial charge in [0.25, 0.3) is 0 Å². The summed E-state index contributed by atoms with van der Waals surface area (Å²) < 4.78 is 8.10. The standard InChI is InChI=1S/C31H22ClNO3/c1-3-18-13-23-24(16-26(18)32)31(35)25(30(23)34)14-22-15-28-29(36-22)17-27(33(28)2)21-11-9-20(10-12-21)19-7-5-4-6-8-19/h4-17H,3H2,1-2H3/b25-14-. The average Bonchev–Trinajstić information content (AvgIpc) is 3.51. The van der Waals surface area contributed by atoms with E-state index in [0.717, 1.165) is 27.9 Å². The number of fused-ring (bicyclic) bond motifs is 2. The number of aryl methyl sites for hydroxylation is 2. The van der Waals surface area contributed by atoms with E-state index >= 15 is 0 Å². The highest BCUT2D eigenvalue weighted by Gasteiger charge is 2.34. The molecule has 0 bridgehead atoms. The van der Waals surface area contributed by atoms with E-state index in [1.54, 1.807) is 18.2 Å². The lowest BCUT2D eigenvalue weighted by Gasteiger charge is -2.06. The van der Waals surface area contributed by atoms with Crippen molar-refractivity contribution in [2.45, 2.75) is 13.3 Å². The molecule has 1 aliphatic rings. The molecule has 0 unspecified atom stereocenters. The van der Waals surface area contributed by atoms with E-state index in [0.29, 0.717) is 33.9 Å². The molecule has 5 heteroatoms. The zero-order chi connectivity index (χ0) is 25.0. The summed E-state index contributed by atoms with van der Waals surface area (Å²) in [5, 5.41) is 0.506. The Morgan fingerprint density at radius 1 is 0.833 bits per heavy atom. The lowest BCUT2D eigenvalue weighted by atomic mass is 10.0. The number of aromatic nitrogens is 1. The van der Waals surface area contributed by atoms with Crippen LogP contribution in [0.1, 0.15) is 39.0 Å². The maximum atomic E-state index is 13.0. The van der Waals surface area contributed by atoms with Crippen LogP contribution in [0.5, 0.6) is 0 Å². The molecule has 1 aliphatic carbocycles. The van der Waals surface area contributed by atoms with Crippen LogP contribution in [0.3, 0.4) is 0 Å². The van der Waals surface area contributed by atoms with Crippen LogP contribution in [0.2, 0.25) is 5.02 Å². The molecule has 3 aromatic carbocycles. The van der Waals surface area contributed by atoms with Crippen molar-refractivity contribution in [2.75, 3.05) is 0 Å². The first-order valence-corrected chi connectivity index (χ1v) is 12.2. The van der Waals surface area contributed by atoms with Gasteiger partial charge >= 0.3 is 0 Å². The summed E-state index contributed by atoms with van der Waals surface area (Å²) in [4.78, 5) is 26.0. The minimum atomic E-state index is -0.320. The van der Waals surface area contributed by atoms with Crippen molar-refractivity contribution < 1.29 is 14.0 Å². The van der Waals surface area contributed by atoms with Crippen molar-refractivity contribution in [1.29, 1.82) is 0 Å². The predicted octanol–water partition coefficient (Wildman–Crippen LogP) is 7.78. The first-order valence-electron chi connectivity index (χ1n) is 11.8. The summed E-state index contributed by atoms with van der Waals surface area (Å²) in [6.07, 6.45) is 2.23. The number of benzene rings is 3. The highest BCUT2D eigenvalue weighted by atomic mass is 35.5. The fraction of sp³-hybridized carbons (Fsp3) is 0.0968. The van der Waals surface area contributed by atoms with E-state index < -0.39 is 0 Å². The van der Waals surface area contributed by atoms with Gasteiger partial charge in [-0.2, -0.15) is 0 Å². The number of furan rings is 1. The summed E-state index contributed by atoms with van der Waals surface area (Å²) >= 11 is 6.29. The van der Waals surface area contributed by atoms with Crippen LogP contribution in [0.4, 0.5) is 0 Å². The summed E-state index contributed by atoms with van der Waals surface area (Å²) in [5.74, 6) is -0.145. The van der Waals surface area contributed by atoms with Crippen LogP contribution < -0.4 is 0 Å². The van der Waals surface area contributed by atoms with Crippen molar-refractivity contribution in [3.63, 3.8) is 0 Å². The molecule has 0 N–H and O–H groups in total. The van der Waals surface area contributed by atoms with Gasteiger partial charge in [0, 0.05) is 35.3 Å². The van der Waals surface area contributed by atoms with Crippen molar-refractivity contribution >= 4 is 40.3 Å². The lowest BCUT2D eigenvalue weighted by molar-refractivity contribution is 0.0990. The quantitative estimate of drug-likeness (QED) is 0.190. The molecule has 4 nitrogen and oxygen atoms in total. The Kier molecular flexibility index (Phi) is 5.27. The minimum absolute atomic E-state index is 0.102. The Morgan fingerprint density at radius 2 is 1.47 bits per heavy atom. The molecule has 0 fully saturated rings. The molecule has 0 amide bonds. The van der Waals surface area contributed by atoms with Crippen molar-refractivity contribution in [3.05, 3.63) is 112 Å². The molecule has 2 aromatic heterocycles. The Labute approximate surface area is 213 Å². The fourth-order valence-corrected chi connectivity index (χ4v) is 5.17. The maximum absolute atomic E-state index is 13.0. The Hall–Kier alpha value is -4.15. The molecule has 0 saturated carbocycles. The normalized spacial score (nSPS) is 14.2. The SMILES string of the molecule is CCc1cc2c(cc1Cl)C(=O)/C(=C\c1cc3c(cc(-c4ccc(-c5ccccc5)cc4)n3C)o1)C2=O. The minimum Gasteiger partial charge on any atom is -0.455 e. The zero-order valence-corrected chi connectivity index (χ0v) is 20.6. The van der Waals surface area contributed by atoms with Gasteiger partial charge in [0.2, 0.25) is 0 Å². The van der Waals surface area contributed by atoms with E-state index in [2.05, 4.69) is 41.0 Å². The van der Waals surface area contributed by atoms with E-state index in [1.165, 1.54) is 5.56 Å². The van der Waals surface area contributed by atoms with Gasteiger partial charge in [-0.1, -0.05) is 73.1 Å². The second-order valence-electron chi connectivity index (χ2n) is 8.99. The van der Waals surface area contributed by atoms with Crippen molar-refractivity contribution in [2.24, 2.45) is 7.05 Å². The Bertz CT molecular complexity index is 1700. The van der Waals surface area contributed by atoms with E-state index in [9.17, 15) is 9.59 Å². The van der Waals surface area contributed by atoms with Gasteiger partial charge in [-0.25, -0.2) is 0 Å². The van der Waals surface area contributed by atoms with Crippen molar-refractivity contribution in [3.8, 4) is 22.4 Å². The van der Waals surface area contributed by atoms with Gasteiger partial charge in [0.05, 0.1) is 16.8 Å². The topological polar surface area (TPSA) is 52.2 Å². The lowest BCUT2D eigenvalue weighted by Crippen LogP contribution is -1.99. The third-order valence-corrected chi connectivity index (χ3v) is 7.22. The number of rotatable bonds is 4. The molecule has 2 heterocycles. The number of halogens is 1. The number of Topliss-reactive ketones (excluding diaryl/α,β-unsaturated/α-hetero) is 2. The van der Waals surface area contributed by atoms with Crippen molar-refractivity contribution in [1.82, 2.24) is 4.57 Å². The maximum Gasteiger partial charge on any atom is 0.197 e. The molecule has 5 aromatic rings. The molecule has 0 saturated heterocycles. The van der Waals surface area contributed by atoms with Crippen LogP contribution in [-0.4, -0.2) is 16.1 Å². The molecular weight excluding hydrogens is 470 g/mol. The number of nitrogens with zero attached hydrogens (tertiary/aromatic N) is 1. The van der Waals surface area contributed by atoms with E-state index in [1.807, 2.05) is 44.3 Å². The Morgan fingerprint density at radius 3 is 2.14 bits per heavy atom. The monoisotopic (exact) mass is 491 g/mol. The fourth-order valence-electron chi connectivity index (χ4n) is 4.87. The summed E-state index contributed by atoms with van der Waals surface area (Å²) in [6, 6.07) is 25.9. The average molecular weight is 492 g/mol. The molecule has 0 radical (unpaired) electrons. The number of hydrogen-bond donors (Lipinski definition) is 0. The molecular formula is C31H22ClNO3. The van der Waals surface area contributed by atoms with Crippen LogP contribution in [0, 0.1) is 0 Å². The third-order valence-electron chi connectivity index (χ3n) is 6.87. The first kappa shape index (κ1) is 22.3. The highest BCUT2D eigenvalue weighted by molar-refractivity contribution is 6.42. The van der Waals surface area contributed by atoms with Gasteiger partial charge in [0.1, 0.15) is 5.76 Å². The number of hydrogen-bond acceptors (Lipinski definition) is 3. The van der Waals surface area contributed by atoms with E-state index in [4.69, 9.17) is 16.0 Å². The molecule has 36 heavy (non-hydrogen) atoms. The first-order chi connectivity index (χ1) is 17.4. The van der Waals surface area contributed by atoms with Crippen LogP contribution >= 0.6 is 11.6 Å². The van der Waals surface area contributed by atoms with Gasteiger partial charge in [-0.05, 0) is 46.9 Å². The van der Waals surface area contributed by atoms with Gasteiger partial charge < -0.3 is 8.98 Å². The summed E-state index contributed by atoms with van der Waals surface area (Å²) in [6.45, 7) is 1.96. The molecule has 0 spiro atoms. The van der Waals surface area contributed by atoms with Gasteiger partial charge in [-0.3, -0.25) is 9.59 Å². The number of carbonyl (C=O) groups is 2. The zero-order valence-electron chi connectivity index (χ0n) is 19.8. The molecule has 6 rings (SSSR count). The van der Waals surface area contributed by atoms with Crippen LogP contribution in [0.25, 0.3) is 39.6 Å².